The van der Waals surface area contributed by atoms with Gasteiger partial charge in [0, 0.05) is 16.6 Å². The van der Waals surface area contributed by atoms with Crippen molar-refractivity contribution in [1.29, 1.82) is 5.26 Å². The van der Waals surface area contributed by atoms with Gasteiger partial charge in [-0.25, -0.2) is 0 Å². The number of aromatic amines is 1. The summed E-state index contributed by atoms with van der Waals surface area (Å²) in [5.74, 6) is 0. The number of nitrogens with zero attached hydrogens (tertiary/aromatic N) is 1. The third-order valence-electron chi connectivity index (χ3n) is 2.13. The summed E-state index contributed by atoms with van der Waals surface area (Å²) in [6.45, 7) is 0. The molecule has 0 fully saturated rings. The Kier molecular flexibility index (Phi) is 2.34. The Hall–Kier alpha value is -2.34. The molecule has 0 amide bonds. The molecule has 0 aliphatic carbocycles. The molecule has 15 heavy (non-hydrogen) atoms. The first-order chi connectivity index (χ1) is 7.33. The number of carbonyl (C=O) groups is 1. The fourth-order valence-electron chi connectivity index (χ4n) is 1.45. The standard InChI is InChI=1S/C12H8N2O/c13-8-9-3-4-10-7-11(2-1-5-15)14-12(10)6-9/h1-7,14H/b2-1+. The first-order valence-electron chi connectivity index (χ1n) is 4.48. The maximum absolute atomic E-state index is 10.2. The van der Waals surface area contributed by atoms with Gasteiger partial charge in [-0.15, -0.1) is 0 Å². The maximum Gasteiger partial charge on any atom is 0.142 e. The predicted molar refractivity (Wildman–Crippen MR) is 58.1 cm³/mol. The van der Waals surface area contributed by atoms with Crippen molar-refractivity contribution in [2.75, 3.05) is 0 Å². The molecule has 0 bridgehead atoms. The zero-order valence-electron chi connectivity index (χ0n) is 7.90. The van der Waals surface area contributed by atoms with E-state index in [1.54, 1.807) is 18.2 Å². The number of nitrogens with one attached hydrogen (secondary N) is 1. The molecule has 0 unspecified atom stereocenters. The van der Waals surface area contributed by atoms with Gasteiger partial charge in [0.2, 0.25) is 0 Å². The monoisotopic (exact) mass is 196 g/mol. The minimum Gasteiger partial charge on any atom is -0.355 e. The highest BCUT2D eigenvalue weighted by Gasteiger charge is 1.99. The minimum atomic E-state index is 0.621. The van der Waals surface area contributed by atoms with Crippen molar-refractivity contribution in [1.82, 2.24) is 4.98 Å². The van der Waals surface area contributed by atoms with Gasteiger partial charge < -0.3 is 4.98 Å². The van der Waals surface area contributed by atoms with E-state index in [2.05, 4.69) is 11.1 Å². The lowest BCUT2D eigenvalue weighted by Crippen LogP contribution is -1.73. The summed E-state index contributed by atoms with van der Waals surface area (Å²) in [5.41, 5.74) is 2.38. The van der Waals surface area contributed by atoms with Crippen molar-refractivity contribution in [3.8, 4) is 6.07 Å². The number of H-pyrrole nitrogens is 1. The van der Waals surface area contributed by atoms with Gasteiger partial charge in [0.25, 0.3) is 0 Å². The van der Waals surface area contributed by atoms with Gasteiger partial charge in [-0.1, -0.05) is 6.07 Å². The molecule has 0 atom stereocenters. The number of nitriles is 1. The second-order valence-corrected chi connectivity index (χ2v) is 3.13. The molecule has 0 spiro atoms. The van der Waals surface area contributed by atoms with E-state index < -0.39 is 0 Å². The molecular formula is C12H8N2O. The number of hydrogen-bond acceptors (Lipinski definition) is 2. The van der Waals surface area contributed by atoms with E-state index >= 15 is 0 Å². The fourth-order valence-corrected chi connectivity index (χ4v) is 1.45. The number of rotatable bonds is 2. The summed E-state index contributed by atoms with van der Waals surface area (Å²) in [5, 5.41) is 9.75. The van der Waals surface area contributed by atoms with E-state index in [1.807, 2.05) is 12.1 Å². The predicted octanol–water partition coefficient (Wildman–Crippen LogP) is 2.25. The van der Waals surface area contributed by atoms with Crippen LogP contribution in [0, 0.1) is 11.3 Å². The second-order valence-electron chi connectivity index (χ2n) is 3.13. The molecule has 0 saturated heterocycles. The molecule has 3 heteroatoms. The average molecular weight is 196 g/mol. The van der Waals surface area contributed by atoms with Crippen molar-refractivity contribution < 1.29 is 4.79 Å². The van der Waals surface area contributed by atoms with Crippen LogP contribution < -0.4 is 0 Å². The minimum absolute atomic E-state index is 0.621. The molecule has 2 aromatic rings. The highest BCUT2D eigenvalue weighted by Crippen LogP contribution is 2.17. The molecule has 1 heterocycles. The smallest absolute Gasteiger partial charge is 0.142 e. The zero-order valence-corrected chi connectivity index (χ0v) is 7.90. The Bertz CT molecular complexity index is 573. The Balaban J connectivity index is 2.52. The number of benzene rings is 1. The summed E-state index contributed by atoms with van der Waals surface area (Å²) in [4.78, 5) is 13.3. The molecule has 0 saturated carbocycles. The van der Waals surface area contributed by atoms with Crippen LogP contribution in [0.25, 0.3) is 17.0 Å². The molecule has 72 valence electrons. The lowest BCUT2D eigenvalue weighted by atomic mass is 10.2. The van der Waals surface area contributed by atoms with Gasteiger partial charge in [-0.05, 0) is 30.4 Å². The fraction of sp³-hybridized carbons (Fsp3) is 0. The molecule has 0 aliphatic rings. The van der Waals surface area contributed by atoms with Crippen LogP contribution >= 0.6 is 0 Å². The van der Waals surface area contributed by atoms with Crippen LogP contribution in [0.3, 0.4) is 0 Å². The molecule has 1 N–H and O–H groups in total. The van der Waals surface area contributed by atoms with Crippen molar-refractivity contribution in [2.45, 2.75) is 0 Å². The van der Waals surface area contributed by atoms with E-state index in [4.69, 9.17) is 5.26 Å². The largest absolute Gasteiger partial charge is 0.355 e. The lowest BCUT2D eigenvalue weighted by Gasteiger charge is -1.88. The van der Waals surface area contributed by atoms with E-state index in [0.717, 1.165) is 22.9 Å². The van der Waals surface area contributed by atoms with Crippen molar-refractivity contribution in [3.63, 3.8) is 0 Å². The topological polar surface area (TPSA) is 56.6 Å². The summed E-state index contributed by atoms with van der Waals surface area (Å²) in [6, 6.07) is 9.43. The van der Waals surface area contributed by atoms with Crippen molar-refractivity contribution in [2.24, 2.45) is 0 Å². The maximum atomic E-state index is 10.2. The van der Waals surface area contributed by atoms with E-state index in [1.165, 1.54) is 6.08 Å². The quantitative estimate of drug-likeness (QED) is 0.591. The number of fused-ring (bicyclic) bond motifs is 1. The van der Waals surface area contributed by atoms with Crippen LogP contribution in [0.4, 0.5) is 0 Å². The third-order valence-corrected chi connectivity index (χ3v) is 2.13. The molecule has 2 rings (SSSR count). The van der Waals surface area contributed by atoms with Crippen LogP contribution in [0.2, 0.25) is 0 Å². The van der Waals surface area contributed by atoms with E-state index in [9.17, 15) is 4.79 Å². The lowest BCUT2D eigenvalue weighted by molar-refractivity contribution is -0.104. The SMILES string of the molecule is N#Cc1ccc2cc(/C=C/C=O)[nH]c2c1. The van der Waals surface area contributed by atoms with Crippen LogP contribution in [0.1, 0.15) is 11.3 Å². The van der Waals surface area contributed by atoms with Gasteiger partial charge >= 0.3 is 0 Å². The molecule has 0 radical (unpaired) electrons. The second kappa shape index (κ2) is 3.81. The number of hydrogen-bond donors (Lipinski definition) is 1. The van der Waals surface area contributed by atoms with Crippen molar-refractivity contribution >= 4 is 23.3 Å². The Morgan fingerprint density at radius 3 is 2.93 bits per heavy atom. The molecular weight excluding hydrogens is 188 g/mol. The van der Waals surface area contributed by atoms with Gasteiger partial charge in [-0.3, -0.25) is 4.79 Å². The summed E-state index contributed by atoms with van der Waals surface area (Å²) >= 11 is 0. The molecule has 1 aromatic heterocycles. The van der Waals surface area contributed by atoms with E-state index in [-0.39, 0.29) is 0 Å². The third kappa shape index (κ3) is 1.79. The number of allylic oxidation sites excluding steroid dienone is 1. The number of carbonyl (C=O) groups excluding carboxylic acids is 1. The van der Waals surface area contributed by atoms with Gasteiger partial charge in [0.1, 0.15) is 6.29 Å². The van der Waals surface area contributed by atoms with E-state index in [0.29, 0.717) is 5.56 Å². The molecule has 1 aromatic carbocycles. The normalized spacial score (nSPS) is 10.6. The van der Waals surface area contributed by atoms with Crippen LogP contribution in [-0.4, -0.2) is 11.3 Å². The van der Waals surface area contributed by atoms with Crippen molar-refractivity contribution in [3.05, 3.63) is 41.6 Å². The highest BCUT2D eigenvalue weighted by molar-refractivity contribution is 5.85. The molecule has 0 aliphatic heterocycles. The zero-order chi connectivity index (χ0) is 10.7. The Morgan fingerprint density at radius 1 is 1.33 bits per heavy atom. The first-order valence-corrected chi connectivity index (χ1v) is 4.48. The van der Waals surface area contributed by atoms with Crippen LogP contribution in [0.5, 0.6) is 0 Å². The average Bonchev–Trinajstić information content (AvgIpc) is 2.67. The van der Waals surface area contributed by atoms with Gasteiger partial charge in [-0.2, -0.15) is 5.26 Å². The number of aromatic nitrogens is 1. The molecule has 3 nitrogen and oxygen atoms in total. The summed E-state index contributed by atoms with van der Waals surface area (Å²) < 4.78 is 0. The Labute approximate surface area is 86.6 Å². The van der Waals surface area contributed by atoms with Gasteiger partial charge in [0.15, 0.2) is 0 Å². The van der Waals surface area contributed by atoms with Crippen LogP contribution in [-0.2, 0) is 4.79 Å². The van der Waals surface area contributed by atoms with Crippen LogP contribution in [0.15, 0.2) is 30.3 Å². The highest BCUT2D eigenvalue weighted by atomic mass is 16.1. The summed E-state index contributed by atoms with van der Waals surface area (Å²) in [6.07, 6.45) is 3.85. The summed E-state index contributed by atoms with van der Waals surface area (Å²) in [7, 11) is 0. The first kappa shape index (κ1) is 9.22. The van der Waals surface area contributed by atoms with Gasteiger partial charge in [0.05, 0.1) is 11.6 Å². The number of aldehydes is 1. The Morgan fingerprint density at radius 2 is 2.20 bits per heavy atom.